The number of hydrogen-bond acceptors (Lipinski definition) is 4. The van der Waals surface area contributed by atoms with E-state index in [1.54, 1.807) is 16.9 Å². The first kappa shape index (κ1) is 15.0. The fourth-order valence-corrected chi connectivity index (χ4v) is 2.46. The van der Waals surface area contributed by atoms with Crippen molar-refractivity contribution in [1.82, 2.24) is 20.3 Å². The maximum absolute atomic E-state index is 12.4. The van der Waals surface area contributed by atoms with Gasteiger partial charge in [0.25, 0.3) is 5.91 Å². The summed E-state index contributed by atoms with van der Waals surface area (Å²) in [5.74, 6) is 0.313. The van der Waals surface area contributed by atoms with Gasteiger partial charge in [-0.2, -0.15) is 5.10 Å². The van der Waals surface area contributed by atoms with E-state index in [9.17, 15) is 4.79 Å². The molecule has 3 aromatic rings. The Morgan fingerprint density at radius 2 is 2.09 bits per heavy atom. The fraction of sp³-hybridized carbons (Fsp3) is 0.235. The van der Waals surface area contributed by atoms with Crippen LogP contribution in [0.5, 0.6) is 0 Å². The third-order valence-corrected chi connectivity index (χ3v) is 3.73. The number of rotatable bonds is 5. The van der Waals surface area contributed by atoms with Crippen molar-refractivity contribution in [2.24, 2.45) is 7.05 Å². The van der Waals surface area contributed by atoms with E-state index < -0.39 is 0 Å². The standard InChI is InChI=1S/C17H18N4O2/c1-3-13(15-9-10-18-21(15)2)19-17(22)14-11-16(23-20-14)12-7-5-4-6-8-12/h4-11,13H,3H2,1-2H3,(H,19,22)/t13-/m0/s1. The minimum absolute atomic E-state index is 0.119. The Hall–Kier alpha value is -2.89. The highest BCUT2D eigenvalue weighted by molar-refractivity contribution is 5.93. The second kappa shape index (κ2) is 6.48. The molecule has 1 aromatic carbocycles. The van der Waals surface area contributed by atoms with E-state index in [1.807, 2.05) is 50.4 Å². The molecule has 2 aromatic heterocycles. The summed E-state index contributed by atoms with van der Waals surface area (Å²) in [6, 6.07) is 13.0. The number of carbonyl (C=O) groups is 1. The Balaban J connectivity index is 1.76. The Kier molecular flexibility index (Phi) is 4.23. The number of carbonyl (C=O) groups excluding carboxylic acids is 1. The third-order valence-electron chi connectivity index (χ3n) is 3.73. The molecule has 0 fully saturated rings. The second-order valence-electron chi connectivity index (χ2n) is 5.26. The van der Waals surface area contributed by atoms with Gasteiger partial charge < -0.3 is 9.84 Å². The molecule has 0 saturated carbocycles. The molecule has 0 bridgehead atoms. The van der Waals surface area contributed by atoms with Crippen LogP contribution >= 0.6 is 0 Å². The van der Waals surface area contributed by atoms with Crippen molar-refractivity contribution in [2.75, 3.05) is 0 Å². The van der Waals surface area contributed by atoms with Crippen molar-refractivity contribution in [3.05, 3.63) is 60.0 Å². The summed E-state index contributed by atoms with van der Waals surface area (Å²) < 4.78 is 7.03. The molecule has 6 nitrogen and oxygen atoms in total. The summed E-state index contributed by atoms with van der Waals surface area (Å²) in [5, 5.41) is 11.0. The van der Waals surface area contributed by atoms with Crippen molar-refractivity contribution >= 4 is 5.91 Å². The molecule has 1 atom stereocenters. The molecular formula is C17H18N4O2. The molecule has 0 aliphatic heterocycles. The lowest BCUT2D eigenvalue weighted by Crippen LogP contribution is -2.29. The van der Waals surface area contributed by atoms with Crippen LogP contribution in [0.4, 0.5) is 0 Å². The van der Waals surface area contributed by atoms with Gasteiger partial charge in [-0.25, -0.2) is 0 Å². The summed E-state index contributed by atoms with van der Waals surface area (Å²) in [7, 11) is 1.85. The van der Waals surface area contributed by atoms with Gasteiger partial charge in [0, 0.05) is 24.9 Å². The predicted octanol–water partition coefficient (Wildman–Crippen LogP) is 2.96. The normalized spacial score (nSPS) is 12.1. The lowest BCUT2D eigenvalue weighted by atomic mass is 10.1. The van der Waals surface area contributed by atoms with Crippen LogP contribution in [0.25, 0.3) is 11.3 Å². The number of amides is 1. The van der Waals surface area contributed by atoms with Crippen LogP contribution in [0.15, 0.2) is 53.2 Å². The largest absolute Gasteiger partial charge is 0.355 e. The highest BCUT2D eigenvalue weighted by Gasteiger charge is 2.19. The SMILES string of the molecule is CC[C@H](NC(=O)c1cc(-c2ccccc2)on1)c1ccnn1C. The lowest BCUT2D eigenvalue weighted by Gasteiger charge is -2.16. The molecule has 0 saturated heterocycles. The van der Waals surface area contributed by atoms with Crippen molar-refractivity contribution in [3.8, 4) is 11.3 Å². The topological polar surface area (TPSA) is 73.0 Å². The number of benzene rings is 1. The van der Waals surface area contributed by atoms with Gasteiger partial charge in [-0.3, -0.25) is 9.48 Å². The Morgan fingerprint density at radius 3 is 2.74 bits per heavy atom. The molecule has 0 unspecified atom stereocenters. The van der Waals surface area contributed by atoms with Crippen LogP contribution in [0.3, 0.4) is 0 Å². The highest BCUT2D eigenvalue weighted by Crippen LogP contribution is 2.21. The first-order chi connectivity index (χ1) is 11.2. The Morgan fingerprint density at radius 1 is 1.30 bits per heavy atom. The molecule has 23 heavy (non-hydrogen) atoms. The zero-order valence-corrected chi connectivity index (χ0v) is 13.1. The van der Waals surface area contributed by atoms with E-state index >= 15 is 0 Å². The molecule has 3 rings (SSSR count). The molecule has 0 spiro atoms. The summed E-state index contributed by atoms with van der Waals surface area (Å²) in [6.07, 6.45) is 2.47. The molecule has 0 aliphatic rings. The zero-order valence-electron chi connectivity index (χ0n) is 13.1. The van der Waals surface area contributed by atoms with E-state index in [1.165, 1.54) is 0 Å². The van der Waals surface area contributed by atoms with Crippen molar-refractivity contribution in [3.63, 3.8) is 0 Å². The van der Waals surface area contributed by atoms with Gasteiger partial charge in [0.1, 0.15) is 0 Å². The average molecular weight is 310 g/mol. The van der Waals surface area contributed by atoms with Gasteiger partial charge >= 0.3 is 0 Å². The molecular weight excluding hydrogens is 292 g/mol. The van der Waals surface area contributed by atoms with Crippen LogP contribution in [0.2, 0.25) is 0 Å². The molecule has 2 heterocycles. The molecule has 118 valence electrons. The second-order valence-corrected chi connectivity index (χ2v) is 5.26. The van der Waals surface area contributed by atoms with Crippen molar-refractivity contribution in [1.29, 1.82) is 0 Å². The fourth-order valence-electron chi connectivity index (χ4n) is 2.46. The lowest BCUT2D eigenvalue weighted by molar-refractivity contribution is 0.0925. The number of hydrogen-bond donors (Lipinski definition) is 1. The summed E-state index contributed by atoms with van der Waals surface area (Å²) in [6.45, 7) is 2.01. The van der Waals surface area contributed by atoms with Crippen LogP contribution in [0.1, 0.15) is 35.6 Å². The van der Waals surface area contributed by atoms with E-state index in [4.69, 9.17) is 4.52 Å². The van der Waals surface area contributed by atoms with E-state index in [2.05, 4.69) is 15.6 Å². The third kappa shape index (κ3) is 3.15. The summed E-state index contributed by atoms with van der Waals surface area (Å²) in [4.78, 5) is 12.4. The summed E-state index contributed by atoms with van der Waals surface area (Å²) in [5.41, 5.74) is 2.11. The predicted molar refractivity (Wildman–Crippen MR) is 85.6 cm³/mol. The Bertz CT molecular complexity index is 792. The molecule has 6 heteroatoms. The number of aryl methyl sites for hydroxylation is 1. The first-order valence-electron chi connectivity index (χ1n) is 7.50. The van der Waals surface area contributed by atoms with Gasteiger partial charge in [0.2, 0.25) is 0 Å². The smallest absolute Gasteiger partial charge is 0.274 e. The van der Waals surface area contributed by atoms with E-state index in [-0.39, 0.29) is 17.6 Å². The van der Waals surface area contributed by atoms with Crippen molar-refractivity contribution in [2.45, 2.75) is 19.4 Å². The monoisotopic (exact) mass is 310 g/mol. The van der Waals surface area contributed by atoms with Crippen LogP contribution < -0.4 is 5.32 Å². The van der Waals surface area contributed by atoms with Gasteiger partial charge in [0.15, 0.2) is 11.5 Å². The minimum Gasteiger partial charge on any atom is -0.355 e. The van der Waals surface area contributed by atoms with Crippen molar-refractivity contribution < 1.29 is 9.32 Å². The van der Waals surface area contributed by atoms with E-state index in [0.717, 1.165) is 17.7 Å². The van der Waals surface area contributed by atoms with Gasteiger partial charge in [-0.05, 0) is 12.5 Å². The summed E-state index contributed by atoms with van der Waals surface area (Å²) >= 11 is 0. The van der Waals surface area contributed by atoms with Crippen LogP contribution in [0, 0.1) is 0 Å². The van der Waals surface area contributed by atoms with Gasteiger partial charge in [0.05, 0.1) is 11.7 Å². The first-order valence-corrected chi connectivity index (χ1v) is 7.50. The minimum atomic E-state index is -0.260. The highest BCUT2D eigenvalue weighted by atomic mass is 16.5. The Labute approximate surface area is 134 Å². The maximum Gasteiger partial charge on any atom is 0.274 e. The quantitative estimate of drug-likeness (QED) is 0.786. The number of aromatic nitrogens is 3. The van der Waals surface area contributed by atoms with Crippen LogP contribution in [-0.4, -0.2) is 20.8 Å². The molecule has 0 aliphatic carbocycles. The van der Waals surface area contributed by atoms with Crippen LogP contribution in [-0.2, 0) is 7.05 Å². The maximum atomic E-state index is 12.4. The zero-order chi connectivity index (χ0) is 16.2. The van der Waals surface area contributed by atoms with E-state index in [0.29, 0.717) is 5.76 Å². The molecule has 0 radical (unpaired) electrons. The molecule has 1 amide bonds. The molecule has 1 N–H and O–H groups in total. The van der Waals surface area contributed by atoms with Gasteiger partial charge in [-0.1, -0.05) is 42.4 Å². The average Bonchev–Trinajstić information content (AvgIpc) is 3.22. The number of nitrogens with one attached hydrogen (secondary N) is 1. The number of nitrogens with zero attached hydrogens (tertiary/aromatic N) is 3. The van der Waals surface area contributed by atoms with Gasteiger partial charge in [-0.15, -0.1) is 0 Å².